The van der Waals surface area contributed by atoms with Crippen molar-refractivity contribution in [1.29, 1.82) is 0 Å². The molecule has 1 heterocycles. The molecule has 3 heteroatoms. The van der Waals surface area contributed by atoms with E-state index in [1.807, 2.05) is 18.0 Å². The predicted molar refractivity (Wildman–Crippen MR) is 68.5 cm³/mol. The summed E-state index contributed by atoms with van der Waals surface area (Å²) >= 11 is 0. The minimum atomic E-state index is -0.0180. The number of rotatable bonds is 3. The number of nitrogens with one attached hydrogen (secondary N) is 1. The number of carbonyl (C=O) groups excluding carboxylic acids is 1. The third-order valence-electron chi connectivity index (χ3n) is 3.33. The van der Waals surface area contributed by atoms with Crippen molar-refractivity contribution in [2.24, 2.45) is 0 Å². The first kappa shape index (κ1) is 12.1. The summed E-state index contributed by atoms with van der Waals surface area (Å²) in [5.74, 6) is 0.207. The summed E-state index contributed by atoms with van der Waals surface area (Å²) in [6.45, 7) is 4.18. The molecule has 0 aromatic heterocycles. The maximum absolute atomic E-state index is 12.0. The van der Waals surface area contributed by atoms with Crippen LogP contribution in [-0.4, -0.2) is 23.9 Å². The highest BCUT2D eigenvalue weighted by Gasteiger charge is 2.36. The summed E-state index contributed by atoms with van der Waals surface area (Å²) in [6, 6.07) is 8.30. The van der Waals surface area contributed by atoms with Crippen LogP contribution in [-0.2, 0) is 4.79 Å². The van der Waals surface area contributed by atoms with E-state index >= 15 is 0 Å². The van der Waals surface area contributed by atoms with Crippen molar-refractivity contribution < 1.29 is 4.79 Å². The standard InChI is InChI=1S/C14H20N2O/c1-4-6-12-14(17)16(3)13(15-12)11-8-5-7-10(2)9-11/h5,7-9,12-13,15H,4,6H2,1-3H3. The van der Waals surface area contributed by atoms with E-state index < -0.39 is 0 Å². The van der Waals surface area contributed by atoms with Crippen molar-refractivity contribution in [3.63, 3.8) is 0 Å². The Hall–Kier alpha value is -1.35. The first-order valence-electron chi connectivity index (χ1n) is 6.22. The van der Waals surface area contributed by atoms with Gasteiger partial charge >= 0.3 is 0 Å². The van der Waals surface area contributed by atoms with Crippen molar-refractivity contribution in [1.82, 2.24) is 10.2 Å². The summed E-state index contributed by atoms with van der Waals surface area (Å²) in [5, 5.41) is 3.41. The molecule has 1 aromatic rings. The van der Waals surface area contributed by atoms with Gasteiger partial charge < -0.3 is 4.90 Å². The molecule has 0 bridgehead atoms. The molecule has 1 fully saturated rings. The molecule has 92 valence electrons. The van der Waals surface area contributed by atoms with Crippen LogP contribution >= 0.6 is 0 Å². The van der Waals surface area contributed by atoms with E-state index in [-0.39, 0.29) is 18.1 Å². The van der Waals surface area contributed by atoms with Crippen LogP contribution in [0.4, 0.5) is 0 Å². The van der Waals surface area contributed by atoms with E-state index in [9.17, 15) is 4.79 Å². The molecule has 17 heavy (non-hydrogen) atoms. The Morgan fingerprint density at radius 3 is 2.82 bits per heavy atom. The van der Waals surface area contributed by atoms with Gasteiger partial charge in [-0.05, 0) is 18.9 Å². The Morgan fingerprint density at radius 1 is 1.41 bits per heavy atom. The van der Waals surface area contributed by atoms with Crippen LogP contribution < -0.4 is 5.32 Å². The molecule has 1 saturated heterocycles. The van der Waals surface area contributed by atoms with E-state index in [2.05, 4.69) is 37.4 Å². The largest absolute Gasteiger partial charge is 0.325 e. The molecule has 1 aliphatic rings. The van der Waals surface area contributed by atoms with Crippen LogP contribution in [0.25, 0.3) is 0 Å². The fourth-order valence-electron chi connectivity index (χ4n) is 2.40. The quantitative estimate of drug-likeness (QED) is 0.866. The zero-order chi connectivity index (χ0) is 12.4. The SMILES string of the molecule is CCCC1NC(c2cccc(C)c2)N(C)C1=O. The Morgan fingerprint density at radius 2 is 2.18 bits per heavy atom. The average Bonchev–Trinajstić information content (AvgIpc) is 2.58. The van der Waals surface area contributed by atoms with Gasteiger partial charge in [-0.25, -0.2) is 0 Å². The maximum atomic E-state index is 12.0. The minimum absolute atomic E-state index is 0.0180. The lowest BCUT2D eigenvalue weighted by Crippen LogP contribution is -2.28. The molecule has 2 unspecified atom stereocenters. The third kappa shape index (κ3) is 2.34. The summed E-state index contributed by atoms with van der Waals surface area (Å²) in [5.41, 5.74) is 2.39. The van der Waals surface area contributed by atoms with Gasteiger partial charge in [0.25, 0.3) is 0 Å². The zero-order valence-corrected chi connectivity index (χ0v) is 10.7. The number of hydrogen-bond acceptors (Lipinski definition) is 2. The summed E-state index contributed by atoms with van der Waals surface area (Å²) in [7, 11) is 1.87. The second-order valence-corrected chi connectivity index (χ2v) is 4.77. The van der Waals surface area contributed by atoms with Crippen molar-refractivity contribution in [2.75, 3.05) is 7.05 Å². The van der Waals surface area contributed by atoms with Gasteiger partial charge in [0.1, 0.15) is 6.17 Å². The monoisotopic (exact) mass is 232 g/mol. The highest BCUT2D eigenvalue weighted by atomic mass is 16.2. The van der Waals surface area contributed by atoms with Crippen molar-refractivity contribution in [3.8, 4) is 0 Å². The first-order valence-corrected chi connectivity index (χ1v) is 6.22. The van der Waals surface area contributed by atoms with Crippen molar-refractivity contribution in [3.05, 3.63) is 35.4 Å². The van der Waals surface area contributed by atoms with Gasteiger partial charge in [0.15, 0.2) is 0 Å². The average molecular weight is 232 g/mol. The lowest BCUT2D eigenvalue weighted by atomic mass is 10.1. The van der Waals surface area contributed by atoms with Crippen molar-refractivity contribution in [2.45, 2.75) is 38.9 Å². The van der Waals surface area contributed by atoms with Gasteiger partial charge in [-0.15, -0.1) is 0 Å². The molecule has 1 aliphatic heterocycles. The van der Waals surface area contributed by atoms with Gasteiger partial charge in [0.05, 0.1) is 6.04 Å². The predicted octanol–water partition coefficient (Wildman–Crippen LogP) is 2.22. The topological polar surface area (TPSA) is 32.3 Å². The molecule has 0 saturated carbocycles. The van der Waals surface area contributed by atoms with E-state index in [1.165, 1.54) is 11.1 Å². The maximum Gasteiger partial charge on any atom is 0.241 e. The number of likely N-dealkylation sites (N-methyl/N-ethyl adjacent to an activating group) is 1. The van der Waals surface area contributed by atoms with Crippen LogP contribution in [0, 0.1) is 6.92 Å². The van der Waals surface area contributed by atoms with Crippen LogP contribution in [0.5, 0.6) is 0 Å². The fourth-order valence-corrected chi connectivity index (χ4v) is 2.40. The van der Waals surface area contributed by atoms with Gasteiger partial charge in [0.2, 0.25) is 5.91 Å². The number of amides is 1. The number of benzene rings is 1. The molecular weight excluding hydrogens is 212 g/mol. The Kier molecular flexibility index (Phi) is 3.48. The van der Waals surface area contributed by atoms with Crippen LogP contribution in [0.2, 0.25) is 0 Å². The van der Waals surface area contributed by atoms with Gasteiger partial charge in [-0.1, -0.05) is 43.2 Å². The second-order valence-electron chi connectivity index (χ2n) is 4.77. The summed E-state index contributed by atoms with van der Waals surface area (Å²) < 4.78 is 0. The highest BCUT2D eigenvalue weighted by Crippen LogP contribution is 2.25. The molecule has 0 radical (unpaired) electrons. The molecule has 0 aliphatic carbocycles. The molecule has 1 amide bonds. The molecule has 3 nitrogen and oxygen atoms in total. The minimum Gasteiger partial charge on any atom is -0.325 e. The molecule has 1 N–H and O–H groups in total. The lowest BCUT2D eigenvalue weighted by Gasteiger charge is -2.20. The summed E-state index contributed by atoms with van der Waals surface area (Å²) in [6.07, 6.45) is 1.96. The molecule has 2 rings (SSSR count). The lowest BCUT2D eigenvalue weighted by molar-refractivity contribution is -0.128. The second kappa shape index (κ2) is 4.88. The van der Waals surface area contributed by atoms with E-state index in [0.717, 1.165) is 12.8 Å². The fraction of sp³-hybridized carbons (Fsp3) is 0.500. The number of nitrogens with zero attached hydrogens (tertiary/aromatic N) is 1. The normalized spacial score (nSPS) is 24.4. The Labute approximate surface area is 103 Å². The van der Waals surface area contributed by atoms with Gasteiger partial charge in [-0.2, -0.15) is 0 Å². The smallest absolute Gasteiger partial charge is 0.241 e. The number of aryl methyl sites for hydroxylation is 1. The number of hydrogen-bond donors (Lipinski definition) is 1. The van der Waals surface area contributed by atoms with Gasteiger partial charge in [-0.3, -0.25) is 10.1 Å². The zero-order valence-electron chi connectivity index (χ0n) is 10.7. The Balaban J connectivity index is 2.20. The highest BCUT2D eigenvalue weighted by molar-refractivity contribution is 5.84. The van der Waals surface area contributed by atoms with Gasteiger partial charge in [0, 0.05) is 7.05 Å². The van der Waals surface area contributed by atoms with Crippen LogP contribution in [0.3, 0.4) is 0 Å². The molecule has 1 aromatic carbocycles. The molecule has 2 atom stereocenters. The van der Waals surface area contributed by atoms with E-state index in [0.29, 0.717) is 0 Å². The summed E-state index contributed by atoms with van der Waals surface area (Å²) in [4.78, 5) is 13.8. The third-order valence-corrected chi connectivity index (χ3v) is 3.33. The molecule has 0 spiro atoms. The van der Waals surface area contributed by atoms with E-state index in [4.69, 9.17) is 0 Å². The van der Waals surface area contributed by atoms with Crippen LogP contribution in [0.15, 0.2) is 24.3 Å². The van der Waals surface area contributed by atoms with Crippen molar-refractivity contribution >= 4 is 5.91 Å². The van der Waals surface area contributed by atoms with Crippen LogP contribution in [0.1, 0.15) is 37.1 Å². The Bertz CT molecular complexity index is 416. The van der Waals surface area contributed by atoms with E-state index in [1.54, 1.807) is 0 Å². The first-order chi connectivity index (χ1) is 8.13. The molecular formula is C14H20N2O. The number of carbonyl (C=O) groups is 1.